The molecular weight excluding hydrogens is 246 g/mol. The molecule has 2 heteroatoms. The summed E-state index contributed by atoms with van der Waals surface area (Å²) in [7, 11) is 0. The summed E-state index contributed by atoms with van der Waals surface area (Å²) in [5.74, 6) is 1.69. The highest BCUT2D eigenvalue weighted by Gasteiger charge is 2.07. The Hall–Kier alpha value is -1.54. The third-order valence-electron chi connectivity index (χ3n) is 3.84. The van der Waals surface area contributed by atoms with E-state index >= 15 is 0 Å². The van der Waals surface area contributed by atoms with E-state index in [9.17, 15) is 0 Å². The topological polar surface area (TPSA) is 25.2 Å². The van der Waals surface area contributed by atoms with Gasteiger partial charge in [0.2, 0.25) is 0 Å². The third kappa shape index (κ3) is 4.86. The lowest BCUT2D eigenvalue weighted by Gasteiger charge is -2.16. The van der Waals surface area contributed by atoms with Gasteiger partial charge in [-0.15, -0.1) is 0 Å². The van der Waals surface area contributed by atoms with E-state index in [1.807, 2.05) is 12.1 Å². The molecule has 2 nitrogen and oxygen atoms in total. The zero-order valence-corrected chi connectivity index (χ0v) is 12.5. The van der Waals surface area contributed by atoms with Crippen molar-refractivity contribution in [3.8, 4) is 0 Å². The van der Waals surface area contributed by atoms with Gasteiger partial charge in [0.15, 0.2) is 0 Å². The van der Waals surface area contributed by atoms with E-state index in [0.29, 0.717) is 12.0 Å². The van der Waals surface area contributed by atoms with Gasteiger partial charge in [-0.3, -0.25) is 0 Å². The largest absolute Gasteiger partial charge is 0.469 e. The monoisotopic (exact) mass is 271 g/mol. The molecule has 2 atom stereocenters. The summed E-state index contributed by atoms with van der Waals surface area (Å²) >= 11 is 0. The highest BCUT2D eigenvalue weighted by Crippen LogP contribution is 2.17. The summed E-state index contributed by atoms with van der Waals surface area (Å²) in [6.07, 6.45) is 5.05. The Balaban J connectivity index is 1.62. The minimum Gasteiger partial charge on any atom is -0.469 e. The number of hydrogen-bond acceptors (Lipinski definition) is 2. The van der Waals surface area contributed by atoms with Crippen molar-refractivity contribution in [1.82, 2.24) is 5.32 Å². The Morgan fingerprint density at radius 1 is 1.00 bits per heavy atom. The van der Waals surface area contributed by atoms with Crippen molar-refractivity contribution < 1.29 is 4.42 Å². The molecule has 0 saturated carbocycles. The van der Waals surface area contributed by atoms with Crippen molar-refractivity contribution in [2.45, 2.75) is 45.1 Å². The number of nitrogens with one attached hydrogen (secondary N) is 1. The lowest BCUT2D eigenvalue weighted by atomic mass is 9.98. The fourth-order valence-electron chi connectivity index (χ4n) is 2.41. The summed E-state index contributed by atoms with van der Waals surface area (Å²) in [5.41, 5.74) is 1.43. The molecule has 1 heterocycles. The van der Waals surface area contributed by atoms with Crippen molar-refractivity contribution in [2.75, 3.05) is 6.54 Å². The minimum atomic E-state index is 0.531. The van der Waals surface area contributed by atoms with E-state index in [4.69, 9.17) is 4.42 Å². The first-order valence-electron chi connectivity index (χ1n) is 7.56. The zero-order chi connectivity index (χ0) is 14.2. The average Bonchev–Trinajstić information content (AvgIpc) is 2.99. The quantitative estimate of drug-likeness (QED) is 0.770. The number of aryl methyl sites for hydroxylation is 1. The molecule has 0 fully saturated rings. The van der Waals surface area contributed by atoms with Gasteiger partial charge in [-0.1, -0.05) is 37.3 Å². The van der Waals surface area contributed by atoms with Crippen molar-refractivity contribution in [1.29, 1.82) is 0 Å². The average molecular weight is 271 g/mol. The van der Waals surface area contributed by atoms with Crippen LogP contribution in [0.4, 0.5) is 0 Å². The van der Waals surface area contributed by atoms with Gasteiger partial charge in [-0.2, -0.15) is 0 Å². The number of hydrogen-bond donors (Lipinski definition) is 1. The summed E-state index contributed by atoms with van der Waals surface area (Å²) in [6.45, 7) is 5.61. The first kappa shape index (κ1) is 14.9. The lowest BCUT2D eigenvalue weighted by Crippen LogP contribution is -2.28. The molecule has 20 heavy (non-hydrogen) atoms. The maximum absolute atomic E-state index is 5.36. The molecule has 0 aliphatic rings. The van der Waals surface area contributed by atoms with Gasteiger partial charge in [-0.25, -0.2) is 0 Å². The predicted octanol–water partition coefficient (Wildman–Crippen LogP) is 4.38. The van der Waals surface area contributed by atoms with Crippen molar-refractivity contribution >= 4 is 0 Å². The lowest BCUT2D eigenvalue weighted by molar-refractivity contribution is 0.452. The maximum atomic E-state index is 5.36. The van der Waals surface area contributed by atoms with E-state index < -0.39 is 0 Å². The summed E-state index contributed by atoms with van der Waals surface area (Å²) < 4.78 is 5.36. The van der Waals surface area contributed by atoms with Gasteiger partial charge in [0.05, 0.1) is 6.26 Å². The van der Waals surface area contributed by atoms with Crippen LogP contribution in [0.1, 0.15) is 43.9 Å². The molecule has 0 radical (unpaired) electrons. The fourth-order valence-corrected chi connectivity index (χ4v) is 2.41. The van der Waals surface area contributed by atoms with Gasteiger partial charge in [-0.05, 0) is 49.9 Å². The fraction of sp³-hybridized carbons (Fsp3) is 0.444. The van der Waals surface area contributed by atoms with Crippen LogP contribution in [0.2, 0.25) is 0 Å². The van der Waals surface area contributed by atoms with E-state index in [0.717, 1.165) is 25.1 Å². The standard InChI is InChI=1S/C18H25NO/c1-15(17-7-4-3-5-8-17)12-13-19-16(2)10-11-18-9-6-14-20-18/h3-9,14-16,19H,10-13H2,1-2H3. The molecule has 0 aliphatic heterocycles. The van der Waals surface area contributed by atoms with E-state index in [1.165, 1.54) is 12.0 Å². The van der Waals surface area contributed by atoms with Crippen LogP contribution in [0.25, 0.3) is 0 Å². The summed E-state index contributed by atoms with van der Waals surface area (Å²) in [5, 5.41) is 3.60. The van der Waals surface area contributed by atoms with Crippen LogP contribution in [0.15, 0.2) is 53.1 Å². The van der Waals surface area contributed by atoms with E-state index in [1.54, 1.807) is 6.26 Å². The van der Waals surface area contributed by atoms with Gasteiger partial charge >= 0.3 is 0 Å². The highest BCUT2D eigenvalue weighted by molar-refractivity contribution is 5.18. The highest BCUT2D eigenvalue weighted by atomic mass is 16.3. The molecule has 2 rings (SSSR count). The Morgan fingerprint density at radius 2 is 1.80 bits per heavy atom. The molecule has 0 bridgehead atoms. The molecule has 108 valence electrons. The van der Waals surface area contributed by atoms with Crippen LogP contribution < -0.4 is 5.32 Å². The van der Waals surface area contributed by atoms with Crippen LogP contribution in [0.5, 0.6) is 0 Å². The molecule has 1 aromatic carbocycles. The minimum absolute atomic E-state index is 0.531. The van der Waals surface area contributed by atoms with E-state index in [-0.39, 0.29) is 0 Å². The molecular formula is C18H25NO. The Kier molecular flexibility index (Phi) is 5.87. The zero-order valence-electron chi connectivity index (χ0n) is 12.5. The molecule has 0 amide bonds. The molecule has 0 spiro atoms. The van der Waals surface area contributed by atoms with Crippen LogP contribution in [-0.4, -0.2) is 12.6 Å². The van der Waals surface area contributed by atoms with Crippen molar-refractivity contribution in [2.24, 2.45) is 0 Å². The van der Waals surface area contributed by atoms with E-state index in [2.05, 4.69) is 49.5 Å². The van der Waals surface area contributed by atoms with Gasteiger partial charge in [0, 0.05) is 12.5 Å². The normalized spacial score (nSPS) is 14.1. The van der Waals surface area contributed by atoms with Crippen LogP contribution >= 0.6 is 0 Å². The molecule has 2 unspecified atom stereocenters. The van der Waals surface area contributed by atoms with Crippen LogP contribution in [-0.2, 0) is 6.42 Å². The Morgan fingerprint density at radius 3 is 2.50 bits per heavy atom. The van der Waals surface area contributed by atoms with Crippen molar-refractivity contribution in [3.63, 3.8) is 0 Å². The maximum Gasteiger partial charge on any atom is 0.103 e. The SMILES string of the molecule is CC(CCc1ccco1)NCCC(C)c1ccccc1. The van der Waals surface area contributed by atoms with Gasteiger partial charge < -0.3 is 9.73 Å². The first-order chi connectivity index (χ1) is 9.75. The second-order valence-electron chi connectivity index (χ2n) is 5.57. The summed E-state index contributed by atoms with van der Waals surface area (Å²) in [4.78, 5) is 0. The van der Waals surface area contributed by atoms with Gasteiger partial charge in [0.25, 0.3) is 0 Å². The van der Waals surface area contributed by atoms with Gasteiger partial charge in [0.1, 0.15) is 5.76 Å². The second kappa shape index (κ2) is 7.91. The third-order valence-corrected chi connectivity index (χ3v) is 3.84. The summed E-state index contributed by atoms with van der Waals surface area (Å²) in [6, 6.07) is 15.3. The molecule has 0 aliphatic carbocycles. The van der Waals surface area contributed by atoms with Crippen molar-refractivity contribution in [3.05, 3.63) is 60.1 Å². The number of rotatable bonds is 8. The number of benzene rings is 1. The number of furan rings is 1. The van der Waals surface area contributed by atoms with Crippen LogP contribution in [0.3, 0.4) is 0 Å². The predicted molar refractivity (Wildman–Crippen MR) is 84.0 cm³/mol. The molecule has 1 N–H and O–H groups in total. The second-order valence-corrected chi connectivity index (χ2v) is 5.57. The Bertz CT molecular complexity index is 463. The Labute approximate surface area is 122 Å². The smallest absolute Gasteiger partial charge is 0.103 e. The molecule has 2 aromatic rings. The molecule has 1 aromatic heterocycles. The first-order valence-corrected chi connectivity index (χ1v) is 7.56. The molecule has 0 saturated heterocycles. The van der Waals surface area contributed by atoms with Crippen LogP contribution in [0, 0.1) is 0 Å².